The first-order valence-electron chi connectivity index (χ1n) is 5.85. The van der Waals surface area contributed by atoms with E-state index in [1.807, 2.05) is 0 Å². The van der Waals surface area contributed by atoms with Gasteiger partial charge < -0.3 is 14.5 Å². The third-order valence-electron chi connectivity index (χ3n) is 2.68. The molecule has 0 atom stereocenters. The molecule has 3 aromatic heterocycles. The fraction of sp³-hybridized carbons (Fsp3) is 0.200. The van der Waals surface area contributed by atoms with E-state index in [1.165, 1.54) is 0 Å². The Morgan fingerprint density at radius 2 is 2.24 bits per heavy atom. The zero-order valence-electron chi connectivity index (χ0n) is 10.6. The molecule has 0 bridgehead atoms. The predicted octanol–water partition coefficient (Wildman–Crippen LogP) is 0.166. The number of pyridine rings is 1. The van der Waals surface area contributed by atoms with Crippen molar-refractivity contribution < 1.29 is 19.1 Å². The molecule has 0 spiro atoms. The quantitative estimate of drug-likeness (QED) is 0.567. The molecule has 0 aliphatic carbocycles. The van der Waals surface area contributed by atoms with Gasteiger partial charge in [0.2, 0.25) is 0 Å². The van der Waals surface area contributed by atoms with Crippen LogP contribution in [0, 0.1) is 0 Å². The van der Waals surface area contributed by atoms with Crippen LogP contribution in [0.15, 0.2) is 24.5 Å². The number of aromatic amines is 1. The molecule has 0 saturated heterocycles. The van der Waals surface area contributed by atoms with E-state index in [1.54, 1.807) is 28.9 Å². The summed E-state index contributed by atoms with van der Waals surface area (Å²) in [6.45, 7) is 0.0767. The lowest BCUT2D eigenvalue weighted by Gasteiger charge is -2.06. The van der Waals surface area contributed by atoms with Crippen molar-refractivity contribution in [2.24, 2.45) is 0 Å². The molecule has 3 aromatic rings. The molecule has 3 N–H and O–H groups in total. The predicted molar refractivity (Wildman–Crippen MR) is 70.1 cm³/mol. The number of nitrogens with one attached hydrogen (secondary N) is 1. The van der Waals surface area contributed by atoms with Crippen LogP contribution in [0.2, 0.25) is 0 Å². The first kappa shape index (κ1) is 13.8. The molecule has 0 saturated carbocycles. The van der Waals surface area contributed by atoms with E-state index in [0.717, 1.165) is 5.56 Å². The molecule has 21 heavy (non-hydrogen) atoms. The molecule has 0 aromatic carbocycles. The molecule has 3 rings (SSSR count). The van der Waals surface area contributed by atoms with Crippen molar-refractivity contribution in [3.05, 3.63) is 30.1 Å². The number of ether oxygens (including phenoxy) is 1. The Hall–Kier alpha value is -2.13. The van der Waals surface area contributed by atoms with Crippen LogP contribution in [0.3, 0.4) is 0 Å². The molecule has 0 aliphatic rings. The Bertz CT molecular complexity index is 795. The minimum atomic E-state index is -4.16. The molecular formula is C10H11N6O4P. The Morgan fingerprint density at radius 3 is 2.95 bits per heavy atom. The molecule has 0 aliphatic heterocycles. The lowest BCUT2D eigenvalue weighted by molar-refractivity contribution is 0.144. The van der Waals surface area contributed by atoms with Gasteiger partial charge in [-0.25, -0.2) is 10.1 Å². The topological polar surface area (TPSA) is 139 Å². The van der Waals surface area contributed by atoms with Crippen LogP contribution in [0.1, 0.15) is 5.56 Å². The summed E-state index contributed by atoms with van der Waals surface area (Å²) in [5.41, 5.74) is 2.11. The molecule has 110 valence electrons. The van der Waals surface area contributed by atoms with Gasteiger partial charge in [-0.05, 0) is 22.1 Å². The fourth-order valence-electron chi connectivity index (χ4n) is 1.84. The fourth-order valence-corrected chi connectivity index (χ4v) is 2.16. The summed E-state index contributed by atoms with van der Waals surface area (Å²) in [6, 6.07) is 3.54. The lowest BCUT2D eigenvalue weighted by Crippen LogP contribution is -1.98. The second kappa shape index (κ2) is 5.34. The van der Waals surface area contributed by atoms with Gasteiger partial charge in [0.15, 0.2) is 5.82 Å². The smallest absolute Gasteiger partial charge is 0.350 e. The summed E-state index contributed by atoms with van der Waals surface area (Å²) >= 11 is 0. The largest absolute Gasteiger partial charge is 0.364 e. The first-order valence-corrected chi connectivity index (χ1v) is 7.65. The number of hydrogen-bond acceptors (Lipinski definition) is 6. The normalized spacial score (nSPS) is 12.1. The first-order chi connectivity index (χ1) is 10.0. The van der Waals surface area contributed by atoms with Gasteiger partial charge in [-0.15, -0.1) is 5.10 Å². The summed E-state index contributed by atoms with van der Waals surface area (Å²) in [5.74, 6) is 0.468. The standard InChI is InChI=1S/C10H11N6O4P/c17-21(18,19)6-20-5-7-1-2-9-11-3-8(16(9)4-7)10-12-14-15-13-10/h1-4H,5-6H2,(H2,17,18,19)(H,12,13,14,15). The summed E-state index contributed by atoms with van der Waals surface area (Å²) in [6.07, 6.45) is 2.76. The summed E-state index contributed by atoms with van der Waals surface area (Å²) in [5, 5.41) is 13.5. The average Bonchev–Trinajstić information content (AvgIpc) is 3.05. The van der Waals surface area contributed by atoms with Crippen LogP contribution in [-0.4, -0.2) is 46.1 Å². The highest BCUT2D eigenvalue weighted by atomic mass is 31.2. The number of hydrogen-bond donors (Lipinski definition) is 3. The molecule has 3 heterocycles. The van der Waals surface area contributed by atoms with E-state index in [2.05, 4.69) is 25.6 Å². The molecule has 0 amide bonds. The number of aromatic nitrogens is 6. The lowest BCUT2D eigenvalue weighted by atomic mass is 10.3. The molecule has 0 fully saturated rings. The second-order valence-corrected chi connectivity index (χ2v) is 5.89. The Morgan fingerprint density at radius 1 is 1.38 bits per heavy atom. The van der Waals surface area contributed by atoms with E-state index < -0.39 is 13.9 Å². The molecule has 0 unspecified atom stereocenters. The maximum absolute atomic E-state index is 10.7. The van der Waals surface area contributed by atoms with Crippen LogP contribution in [-0.2, 0) is 15.9 Å². The van der Waals surface area contributed by atoms with Crippen molar-refractivity contribution in [1.29, 1.82) is 0 Å². The summed E-state index contributed by atoms with van der Waals surface area (Å²) in [4.78, 5) is 21.7. The van der Waals surface area contributed by atoms with E-state index in [4.69, 9.17) is 14.5 Å². The Kier molecular flexibility index (Phi) is 3.52. The van der Waals surface area contributed by atoms with Crippen molar-refractivity contribution in [2.75, 3.05) is 6.35 Å². The number of rotatable bonds is 5. The minimum absolute atomic E-state index is 0.0767. The van der Waals surface area contributed by atoms with Gasteiger partial charge in [-0.3, -0.25) is 8.97 Å². The van der Waals surface area contributed by atoms with Crippen molar-refractivity contribution in [2.45, 2.75) is 6.61 Å². The highest BCUT2D eigenvalue weighted by molar-refractivity contribution is 7.51. The number of imidazole rings is 1. The van der Waals surface area contributed by atoms with E-state index in [9.17, 15) is 4.57 Å². The SMILES string of the molecule is O=P(O)(O)COCc1ccc2ncc(-c3nnn[nH]3)n2c1. The van der Waals surface area contributed by atoms with Crippen LogP contribution >= 0.6 is 7.60 Å². The number of H-pyrrole nitrogens is 1. The van der Waals surface area contributed by atoms with Gasteiger partial charge in [0.25, 0.3) is 0 Å². The maximum Gasteiger partial charge on any atom is 0.350 e. The monoisotopic (exact) mass is 310 g/mol. The van der Waals surface area contributed by atoms with Crippen LogP contribution in [0.25, 0.3) is 17.2 Å². The Labute approximate surface area is 117 Å². The average molecular weight is 310 g/mol. The Balaban J connectivity index is 1.85. The van der Waals surface area contributed by atoms with Crippen molar-refractivity contribution in [3.8, 4) is 11.5 Å². The van der Waals surface area contributed by atoms with Gasteiger partial charge in [-0.2, -0.15) is 0 Å². The van der Waals surface area contributed by atoms with Crippen LogP contribution < -0.4 is 0 Å². The number of fused-ring (bicyclic) bond motifs is 1. The number of tetrazole rings is 1. The molecule has 11 heteroatoms. The third kappa shape index (κ3) is 3.14. The van der Waals surface area contributed by atoms with Crippen molar-refractivity contribution in [1.82, 2.24) is 30.0 Å². The van der Waals surface area contributed by atoms with Gasteiger partial charge in [0.1, 0.15) is 17.7 Å². The van der Waals surface area contributed by atoms with Crippen molar-refractivity contribution >= 4 is 13.2 Å². The zero-order chi connectivity index (χ0) is 14.9. The van der Waals surface area contributed by atoms with Gasteiger partial charge in [0, 0.05) is 6.20 Å². The maximum atomic E-state index is 10.7. The summed E-state index contributed by atoms with van der Waals surface area (Å²) < 4.78 is 17.5. The molecular weight excluding hydrogens is 299 g/mol. The highest BCUT2D eigenvalue weighted by Crippen LogP contribution is 2.34. The zero-order valence-corrected chi connectivity index (χ0v) is 11.5. The minimum Gasteiger partial charge on any atom is -0.364 e. The summed E-state index contributed by atoms with van der Waals surface area (Å²) in [7, 11) is -4.16. The molecule has 10 nitrogen and oxygen atoms in total. The highest BCUT2D eigenvalue weighted by Gasteiger charge is 2.13. The number of nitrogens with zero attached hydrogens (tertiary/aromatic N) is 5. The van der Waals surface area contributed by atoms with E-state index >= 15 is 0 Å². The van der Waals surface area contributed by atoms with Gasteiger partial charge in [0.05, 0.1) is 12.8 Å². The van der Waals surface area contributed by atoms with Gasteiger partial charge in [-0.1, -0.05) is 6.07 Å². The molecule has 0 radical (unpaired) electrons. The van der Waals surface area contributed by atoms with Gasteiger partial charge >= 0.3 is 7.60 Å². The van der Waals surface area contributed by atoms with Crippen molar-refractivity contribution in [3.63, 3.8) is 0 Å². The van der Waals surface area contributed by atoms with E-state index in [-0.39, 0.29) is 6.61 Å². The van der Waals surface area contributed by atoms with E-state index in [0.29, 0.717) is 17.2 Å². The third-order valence-corrected chi connectivity index (χ3v) is 3.20. The van der Waals surface area contributed by atoms with Crippen LogP contribution in [0.4, 0.5) is 0 Å². The van der Waals surface area contributed by atoms with Crippen LogP contribution in [0.5, 0.6) is 0 Å². The second-order valence-electron chi connectivity index (χ2n) is 4.30.